The molecule has 0 aliphatic carbocycles. The molecule has 3 N–H and O–H groups in total. The van der Waals surface area contributed by atoms with Crippen molar-refractivity contribution in [3.05, 3.63) is 63.6 Å². The number of fused-ring (bicyclic) bond motifs is 1. The molecule has 1 aromatic heterocycles. The molecular formula is C17H14FIN2O4S. The molecule has 0 aliphatic rings. The zero-order valence-electron chi connectivity index (χ0n) is 13.2. The fourth-order valence-corrected chi connectivity index (χ4v) is 4.14. The average molecular weight is 488 g/mol. The van der Waals surface area contributed by atoms with E-state index in [-0.39, 0.29) is 11.3 Å². The smallest absolute Gasteiger partial charge is 0.322 e. The van der Waals surface area contributed by atoms with Gasteiger partial charge in [-0.2, -0.15) is 4.72 Å². The van der Waals surface area contributed by atoms with Gasteiger partial charge in [0, 0.05) is 27.1 Å². The molecule has 0 radical (unpaired) electrons. The summed E-state index contributed by atoms with van der Waals surface area (Å²) in [4.78, 5) is 14.4. The Bertz CT molecular complexity index is 1060. The first kappa shape index (κ1) is 18.8. The Labute approximate surface area is 162 Å². The average Bonchev–Trinajstić information content (AvgIpc) is 2.96. The molecule has 0 spiro atoms. The Balaban J connectivity index is 1.87. The number of benzene rings is 2. The quantitative estimate of drug-likeness (QED) is 0.465. The van der Waals surface area contributed by atoms with E-state index in [1.807, 2.05) is 22.6 Å². The third kappa shape index (κ3) is 4.05. The maximum absolute atomic E-state index is 13.3. The van der Waals surface area contributed by atoms with E-state index in [9.17, 15) is 22.7 Å². The van der Waals surface area contributed by atoms with E-state index in [0.717, 1.165) is 3.57 Å². The largest absolute Gasteiger partial charge is 0.480 e. The number of hydrogen-bond acceptors (Lipinski definition) is 3. The lowest BCUT2D eigenvalue weighted by Gasteiger charge is -2.14. The van der Waals surface area contributed by atoms with Crippen LogP contribution in [0.2, 0.25) is 0 Å². The van der Waals surface area contributed by atoms with Gasteiger partial charge in [0.1, 0.15) is 11.9 Å². The highest BCUT2D eigenvalue weighted by Gasteiger charge is 2.26. The van der Waals surface area contributed by atoms with Gasteiger partial charge < -0.3 is 10.1 Å². The first-order chi connectivity index (χ1) is 12.3. The van der Waals surface area contributed by atoms with Crippen LogP contribution in [0.15, 0.2) is 53.6 Å². The summed E-state index contributed by atoms with van der Waals surface area (Å²) < 4.78 is 41.3. The molecule has 26 heavy (non-hydrogen) atoms. The minimum Gasteiger partial charge on any atom is -0.480 e. The number of carbonyl (C=O) groups is 1. The summed E-state index contributed by atoms with van der Waals surface area (Å²) in [5.74, 6) is -1.71. The lowest BCUT2D eigenvalue weighted by atomic mass is 10.1. The minimum atomic E-state index is -3.99. The molecule has 0 amide bonds. The van der Waals surface area contributed by atoms with Crippen LogP contribution in [0.4, 0.5) is 4.39 Å². The van der Waals surface area contributed by atoms with Gasteiger partial charge in [0.15, 0.2) is 0 Å². The van der Waals surface area contributed by atoms with Crippen LogP contribution >= 0.6 is 22.6 Å². The molecule has 0 bridgehead atoms. The van der Waals surface area contributed by atoms with E-state index >= 15 is 0 Å². The Morgan fingerprint density at radius 2 is 1.92 bits per heavy atom. The number of aromatic amines is 1. The Hall–Kier alpha value is -1.98. The van der Waals surface area contributed by atoms with Crippen molar-refractivity contribution < 1.29 is 22.7 Å². The van der Waals surface area contributed by atoms with Crippen LogP contribution < -0.4 is 4.72 Å². The van der Waals surface area contributed by atoms with Crippen molar-refractivity contribution in [3.63, 3.8) is 0 Å². The molecule has 0 fully saturated rings. The third-order valence-corrected chi connectivity index (χ3v) is 6.08. The van der Waals surface area contributed by atoms with E-state index in [2.05, 4.69) is 9.71 Å². The van der Waals surface area contributed by atoms with Gasteiger partial charge >= 0.3 is 5.97 Å². The van der Waals surface area contributed by atoms with Gasteiger partial charge in [-0.1, -0.05) is 0 Å². The molecule has 0 saturated carbocycles. The highest BCUT2D eigenvalue weighted by atomic mass is 127. The van der Waals surface area contributed by atoms with Gasteiger partial charge in [-0.15, -0.1) is 0 Å². The number of nitrogens with one attached hydrogen (secondary N) is 2. The zero-order valence-corrected chi connectivity index (χ0v) is 16.2. The van der Waals surface area contributed by atoms with Gasteiger partial charge in [-0.3, -0.25) is 4.79 Å². The molecule has 3 aromatic rings. The van der Waals surface area contributed by atoms with Crippen molar-refractivity contribution in [3.8, 4) is 0 Å². The summed E-state index contributed by atoms with van der Waals surface area (Å²) in [5, 5.41) is 10.1. The fourth-order valence-electron chi connectivity index (χ4n) is 2.60. The summed E-state index contributed by atoms with van der Waals surface area (Å²) in [6.07, 6.45) is 1.48. The predicted molar refractivity (Wildman–Crippen MR) is 103 cm³/mol. The second-order valence-electron chi connectivity index (χ2n) is 5.67. The summed E-state index contributed by atoms with van der Waals surface area (Å²) in [5.41, 5.74) is 1.10. The lowest BCUT2D eigenvalue weighted by Crippen LogP contribution is -2.42. The van der Waals surface area contributed by atoms with E-state index in [1.165, 1.54) is 30.3 Å². The number of carboxylic acids is 1. The highest BCUT2D eigenvalue weighted by Crippen LogP contribution is 2.21. The number of aliphatic carboxylic acids is 1. The number of sulfonamides is 1. The molecular weight excluding hydrogens is 474 g/mol. The third-order valence-electron chi connectivity index (χ3n) is 3.87. The molecule has 6 nitrogen and oxygen atoms in total. The molecule has 0 saturated heterocycles. The van der Waals surface area contributed by atoms with E-state index in [4.69, 9.17) is 0 Å². The number of aromatic nitrogens is 1. The zero-order chi connectivity index (χ0) is 18.9. The molecule has 3 rings (SSSR count). The van der Waals surface area contributed by atoms with E-state index in [0.29, 0.717) is 16.5 Å². The summed E-state index contributed by atoms with van der Waals surface area (Å²) >= 11 is 2.05. The van der Waals surface area contributed by atoms with E-state index < -0.39 is 27.9 Å². The van der Waals surface area contributed by atoms with Crippen molar-refractivity contribution in [1.29, 1.82) is 0 Å². The summed E-state index contributed by atoms with van der Waals surface area (Å²) in [7, 11) is -3.99. The van der Waals surface area contributed by atoms with Gasteiger partial charge in [0.2, 0.25) is 10.0 Å². The topological polar surface area (TPSA) is 99.3 Å². The number of H-pyrrole nitrogens is 1. The molecule has 0 aliphatic heterocycles. The molecule has 136 valence electrons. The SMILES string of the molecule is O=C(O)[C@@H](Cc1c[nH]c2cc(F)ccc12)NS(=O)(=O)c1ccc(I)cc1. The van der Waals surface area contributed by atoms with Crippen LogP contribution in [0, 0.1) is 9.39 Å². The first-order valence-electron chi connectivity index (χ1n) is 7.52. The van der Waals surface area contributed by atoms with Crippen molar-refractivity contribution in [1.82, 2.24) is 9.71 Å². The lowest BCUT2D eigenvalue weighted by molar-refractivity contribution is -0.138. The molecule has 0 unspecified atom stereocenters. The molecule has 9 heteroatoms. The maximum atomic E-state index is 13.3. The number of rotatable bonds is 6. The minimum absolute atomic E-state index is 0.00911. The fraction of sp³-hybridized carbons (Fsp3) is 0.118. The van der Waals surface area contributed by atoms with Crippen LogP contribution in [0.1, 0.15) is 5.56 Å². The van der Waals surface area contributed by atoms with Crippen molar-refractivity contribution >= 4 is 49.5 Å². The molecule has 1 atom stereocenters. The van der Waals surface area contributed by atoms with Gasteiger partial charge in [-0.25, -0.2) is 12.8 Å². The van der Waals surface area contributed by atoms with Gasteiger partial charge in [0.25, 0.3) is 0 Å². The second kappa shape index (κ2) is 7.33. The van der Waals surface area contributed by atoms with Crippen LogP contribution in [-0.2, 0) is 21.2 Å². The van der Waals surface area contributed by atoms with Gasteiger partial charge in [0.05, 0.1) is 4.90 Å². The monoisotopic (exact) mass is 488 g/mol. The first-order valence-corrected chi connectivity index (χ1v) is 10.1. The van der Waals surface area contributed by atoms with Gasteiger partial charge in [-0.05, 0) is 70.6 Å². The Kier molecular flexibility index (Phi) is 5.30. The maximum Gasteiger partial charge on any atom is 0.322 e. The van der Waals surface area contributed by atoms with Crippen molar-refractivity contribution in [2.75, 3.05) is 0 Å². The van der Waals surface area contributed by atoms with Crippen LogP contribution in [-0.4, -0.2) is 30.5 Å². The molecule has 1 heterocycles. The number of halogens is 2. The van der Waals surface area contributed by atoms with Crippen LogP contribution in [0.5, 0.6) is 0 Å². The normalized spacial score (nSPS) is 13.0. The Morgan fingerprint density at radius 1 is 1.23 bits per heavy atom. The number of hydrogen-bond donors (Lipinski definition) is 3. The highest BCUT2D eigenvalue weighted by molar-refractivity contribution is 14.1. The Morgan fingerprint density at radius 3 is 2.58 bits per heavy atom. The second-order valence-corrected chi connectivity index (χ2v) is 8.63. The summed E-state index contributed by atoms with van der Waals surface area (Å²) in [6.45, 7) is 0. The standard InChI is InChI=1S/C17H14FIN2O4S/c18-11-1-6-14-10(9-20-15(14)8-11)7-16(17(22)23)21-26(24,25)13-4-2-12(19)3-5-13/h1-6,8-9,16,20-21H,7H2,(H,22,23)/t16-/m1/s1. The van der Waals surface area contributed by atoms with Crippen molar-refractivity contribution in [2.45, 2.75) is 17.4 Å². The number of carboxylic acid groups (broad SMARTS) is 1. The van der Waals surface area contributed by atoms with E-state index in [1.54, 1.807) is 18.3 Å². The summed E-state index contributed by atoms with van der Waals surface area (Å²) in [6, 6.07) is 8.81. The van der Waals surface area contributed by atoms with Crippen LogP contribution in [0.3, 0.4) is 0 Å². The van der Waals surface area contributed by atoms with Crippen LogP contribution in [0.25, 0.3) is 10.9 Å². The predicted octanol–water partition coefficient (Wildman–Crippen LogP) is 2.89. The molecule has 2 aromatic carbocycles. The van der Waals surface area contributed by atoms with Crippen molar-refractivity contribution in [2.24, 2.45) is 0 Å².